The third kappa shape index (κ3) is 3.30. The van der Waals surface area contributed by atoms with Crippen molar-refractivity contribution in [1.82, 2.24) is 0 Å². The van der Waals surface area contributed by atoms with Crippen LogP contribution in [0.1, 0.15) is 30.4 Å². The number of hydrogen-bond acceptors (Lipinski definition) is 6. The van der Waals surface area contributed by atoms with Crippen LogP contribution in [0.15, 0.2) is 48.6 Å². The van der Waals surface area contributed by atoms with E-state index in [0.29, 0.717) is 23.5 Å². The third-order valence-corrected chi connectivity index (χ3v) is 6.37. The van der Waals surface area contributed by atoms with Gasteiger partial charge in [0, 0.05) is 30.5 Å². The van der Waals surface area contributed by atoms with Crippen molar-refractivity contribution < 1.29 is 19.2 Å². The van der Waals surface area contributed by atoms with Gasteiger partial charge in [-0.2, -0.15) is 0 Å². The van der Waals surface area contributed by atoms with E-state index in [1.54, 1.807) is 30.3 Å². The number of ether oxygens (including phenoxy) is 2. The third-order valence-electron chi connectivity index (χ3n) is 6.37. The summed E-state index contributed by atoms with van der Waals surface area (Å²) in [7, 11) is 0. The topological polar surface area (TPSA) is 90.7 Å². The molecule has 7 nitrogen and oxygen atoms in total. The first-order chi connectivity index (χ1) is 16.0. The van der Waals surface area contributed by atoms with Crippen LogP contribution < -0.4 is 14.8 Å². The van der Waals surface area contributed by atoms with Crippen LogP contribution in [0.4, 0.5) is 11.4 Å². The molecule has 1 saturated carbocycles. The molecule has 3 unspecified atom stereocenters. The van der Waals surface area contributed by atoms with Gasteiger partial charge in [0.1, 0.15) is 18.1 Å². The van der Waals surface area contributed by atoms with Crippen molar-refractivity contribution in [2.75, 3.05) is 5.32 Å². The standard InChI is InChI=1S/C26H20N2O5/c1-2-3-4-5-11-20-19-10-8-13-24(29)26(19)25-21(27-20)14-18(15-23(25)33-26)32-16-17-9-6-7-12-22(17)28(30)31/h1,3-4,6-7,9,12,14-15,19-20,27H,8,10,13,16H2. The monoisotopic (exact) mass is 440 g/mol. The van der Waals surface area contributed by atoms with Gasteiger partial charge in [-0.05, 0) is 31.1 Å². The van der Waals surface area contributed by atoms with E-state index < -0.39 is 10.5 Å². The zero-order valence-electron chi connectivity index (χ0n) is 17.7. The Kier molecular flexibility index (Phi) is 5.03. The summed E-state index contributed by atoms with van der Waals surface area (Å²) in [5.41, 5.74) is 1.09. The summed E-state index contributed by atoms with van der Waals surface area (Å²) in [6.45, 7) is 0.0300. The molecule has 2 heterocycles. The van der Waals surface area contributed by atoms with Gasteiger partial charge in [-0.15, -0.1) is 6.42 Å². The molecule has 2 aromatic carbocycles. The first-order valence-electron chi connectivity index (χ1n) is 10.7. The molecule has 1 fully saturated rings. The molecular formula is C26H20N2O5. The first-order valence-corrected chi connectivity index (χ1v) is 10.7. The number of anilines is 1. The normalized spacial score (nSPS) is 24.0. The van der Waals surface area contributed by atoms with E-state index in [1.807, 2.05) is 6.07 Å². The van der Waals surface area contributed by atoms with E-state index in [9.17, 15) is 14.9 Å². The Morgan fingerprint density at radius 2 is 2.18 bits per heavy atom. The molecule has 3 atom stereocenters. The van der Waals surface area contributed by atoms with Crippen LogP contribution in [0.25, 0.3) is 0 Å². The Bertz CT molecular complexity index is 1300. The molecule has 0 bridgehead atoms. The molecule has 2 aliphatic heterocycles. The predicted molar refractivity (Wildman–Crippen MR) is 122 cm³/mol. The Balaban J connectivity index is 1.47. The van der Waals surface area contributed by atoms with E-state index in [1.165, 1.54) is 12.1 Å². The number of benzene rings is 2. The van der Waals surface area contributed by atoms with Gasteiger partial charge in [0.05, 0.1) is 27.8 Å². The molecule has 33 heavy (non-hydrogen) atoms. The van der Waals surface area contributed by atoms with Crippen molar-refractivity contribution in [1.29, 1.82) is 0 Å². The van der Waals surface area contributed by atoms with Crippen LogP contribution in [-0.2, 0) is 17.0 Å². The summed E-state index contributed by atoms with van der Waals surface area (Å²) in [5, 5.41) is 14.7. The minimum Gasteiger partial charge on any atom is -0.488 e. The Labute approximate surface area is 190 Å². The number of hydrogen-bond donors (Lipinski definition) is 1. The highest BCUT2D eigenvalue weighted by Crippen LogP contribution is 2.60. The Morgan fingerprint density at radius 1 is 1.33 bits per heavy atom. The highest BCUT2D eigenvalue weighted by atomic mass is 16.6. The summed E-state index contributed by atoms with van der Waals surface area (Å²) < 4.78 is 12.1. The minimum atomic E-state index is -0.972. The molecule has 0 aromatic heterocycles. The fraction of sp³-hybridized carbons (Fsp3) is 0.269. The van der Waals surface area contributed by atoms with Crippen molar-refractivity contribution in [2.45, 2.75) is 37.5 Å². The number of nitrogens with zero attached hydrogens (tertiary/aromatic N) is 1. The average Bonchev–Trinajstić information content (AvgIpc) is 2.79. The van der Waals surface area contributed by atoms with Gasteiger partial charge in [0.2, 0.25) is 5.60 Å². The fourth-order valence-corrected chi connectivity index (χ4v) is 4.97. The van der Waals surface area contributed by atoms with Crippen LogP contribution in [0.3, 0.4) is 0 Å². The van der Waals surface area contributed by atoms with Gasteiger partial charge in [-0.1, -0.05) is 29.9 Å². The number of terminal acetylenes is 1. The molecule has 0 saturated heterocycles. The summed E-state index contributed by atoms with van der Waals surface area (Å²) in [6.07, 6.45) is 10.5. The smallest absolute Gasteiger partial charge is 0.276 e. The van der Waals surface area contributed by atoms with Crippen molar-refractivity contribution in [2.24, 2.45) is 5.92 Å². The number of para-hydroxylation sites is 1. The molecule has 164 valence electrons. The molecule has 7 heteroatoms. The lowest BCUT2D eigenvalue weighted by molar-refractivity contribution is -0.385. The van der Waals surface area contributed by atoms with Gasteiger partial charge < -0.3 is 14.8 Å². The van der Waals surface area contributed by atoms with Crippen LogP contribution >= 0.6 is 0 Å². The Hall–Kier alpha value is -4.23. The molecule has 0 radical (unpaired) electrons. The van der Waals surface area contributed by atoms with Crippen LogP contribution in [0, 0.1) is 40.2 Å². The second-order valence-electron chi connectivity index (χ2n) is 8.19. The number of carbonyl (C=O) groups is 1. The second kappa shape index (κ2) is 8.03. The molecule has 1 spiro atoms. The number of nitro groups is 1. The number of Topliss-reactive ketones (excluding diaryl/α,β-unsaturated/α-hetero) is 1. The number of nitrogens with one attached hydrogen (secondary N) is 1. The van der Waals surface area contributed by atoms with E-state index in [4.69, 9.17) is 15.9 Å². The van der Waals surface area contributed by atoms with E-state index in [-0.39, 0.29) is 30.0 Å². The van der Waals surface area contributed by atoms with Crippen molar-refractivity contribution in [3.63, 3.8) is 0 Å². The average molecular weight is 440 g/mol. The van der Waals surface area contributed by atoms with Crippen molar-refractivity contribution in [3.8, 4) is 35.7 Å². The van der Waals surface area contributed by atoms with E-state index in [0.717, 1.165) is 24.1 Å². The minimum absolute atomic E-state index is 0.00196. The molecule has 1 N–H and O–H groups in total. The summed E-state index contributed by atoms with van der Waals surface area (Å²) in [6, 6.07) is 9.71. The largest absolute Gasteiger partial charge is 0.488 e. The summed E-state index contributed by atoms with van der Waals surface area (Å²) in [4.78, 5) is 23.9. The molecule has 0 amide bonds. The molecular weight excluding hydrogens is 420 g/mol. The van der Waals surface area contributed by atoms with Gasteiger partial charge >= 0.3 is 0 Å². The van der Waals surface area contributed by atoms with Crippen molar-refractivity contribution >= 4 is 17.2 Å². The van der Waals surface area contributed by atoms with Crippen LogP contribution in [-0.4, -0.2) is 16.7 Å². The number of ketones is 1. The van der Waals surface area contributed by atoms with Crippen LogP contribution in [0.5, 0.6) is 11.5 Å². The zero-order valence-corrected chi connectivity index (χ0v) is 17.7. The predicted octanol–water partition coefficient (Wildman–Crippen LogP) is 4.12. The molecule has 1 aliphatic carbocycles. The summed E-state index contributed by atoms with van der Waals surface area (Å²) in [5.74, 6) is 9.61. The van der Waals surface area contributed by atoms with Gasteiger partial charge in [0.25, 0.3) is 5.69 Å². The van der Waals surface area contributed by atoms with Gasteiger partial charge in [-0.3, -0.25) is 14.9 Å². The lowest BCUT2D eigenvalue weighted by Crippen LogP contribution is -2.62. The van der Waals surface area contributed by atoms with Gasteiger partial charge in [-0.25, -0.2) is 0 Å². The lowest BCUT2D eigenvalue weighted by Gasteiger charge is -2.55. The number of rotatable bonds is 4. The number of carbonyl (C=O) groups excluding carboxylic acids is 1. The second-order valence-corrected chi connectivity index (χ2v) is 8.19. The first kappa shape index (κ1) is 20.7. The van der Waals surface area contributed by atoms with E-state index >= 15 is 0 Å². The lowest BCUT2D eigenvalue weighted by atomic mass is 9.62. The maximum absolute atomic E-state index is 13.0. The number of nitro benzene ring substituents is 1. The van der Waals surface area contributed by atoms with Gasteiger partial charge in [0.15, 0.2) is 5.78 Å². The number of allylic oxidation sites excluding steroid dienone is 2. The zero-order chi connectivity index (χ0) is 23.0. The molecule has 5 rings (SSSR count). The molecule has 2 aromatic rings. The van der Waals surface area contributed by atoms with Crippen LogP contribution in [0.2, 0.25) is 0 Å². The van der Waals surface area contributed by atoms with E-state index in [2.05, 4.69) is 23.1 Å². The maximum Gasteiger partial charge on any atom is 0.276 e. The summed E-state index contributed by atoms with van der Waals surface area (Å²) >= 11 is 0. The SMILES string of the molecule is C#CC=CC#CC1Nc2cc(OCc3ccccc3[N+](=O)[O-])cc3c2C2(O3)C(=O)CCCC12. The highest BCUT2D eigenvalue weighted by Gasteiger charge is 2.63. The Morgan fingerprint density at radius 3 is 3.00 bits per heavy atom. The highest BCUT2D eigenvalue weighted by molar-refractivity contribution is 5.97. The van der Waals surface area contributed by atoms with Crippen molar-refractivity contribution in [3.05, 3.63) is 69.8 Å². The quantitative estimate of drug-likeness (QED) is 0.437. The fourth-order valence-electron chi connectivity index (χ4n) is 4.97. The molecule has 3 aliphatic rings. The maximum atomic E-state index is 13.0.